The number of furan rings is 1. The van der Waals surface area contributed by atoms with Gasteiger partial charge in [0.25, 0.3) is 0 Å². The molecule has 0 atom stereocenters. The van der Waals surface area contributed by atoms with Crippen molar-refractivity contribution in [1.29, 1.82) is 5.26 Å². The monoisotopic (exact) mass is 255 g/mol. The average Bonchev–Trinajstić information content (AvgIpc) is 3.06. The van der Waals surface area contributed by atoms with Crippen LogP contribution in [0.15, 0.2) is 22.8 Å². The Morgan fingerprint density at radius 1 is 1.53 bits per heavy atom. The van der Waals surface area contributed by atoms with Crippen molar-refractivity contribution < 1.29 is 9.21 Å². The molecule has 0 spiro atoms. The summed E-state index contributed by atoms with van der Waals surface area (Å²) in [6.45, 7) is 0.845. The lowest BCUT2D eigenvalue weighted by atomic mass is 10.1. The Labute approximate surface area is 110 Å². The van der Waals surface area contributed by atoms with Gasteiger partial charge in [-0.1, -0.05) is 0 Å². The fourth-order valence-electron chi connectivity index (χ4n) is 2.52. The second-order valence-electron chi connectivity index (χ2n) is 4.57. The first-order valence-electron chi connectivity index (χ1n) is 6.34. The number of hydrogen-bond donors (Lipinski definition) is 0. The standard InChI is InChI=1S/C14H13N3O2/c15-7-6-11(18)13-10-4-1-2-8-17(10)14(16-13)12-5-3-9-19-12/h3,5,9H,1-2,4,6,8H2. The Bertz CT molecular complexity index is 647. The van der Waals surface area contributed by atoms with Gasteiger partial charge in [-0.3, -0.25) is 4.79 Å². The van der Waals surface area contributed by atoms with Crippen LogP contribution in [0.4, 0.5) is 0 Å². The first kappa shape index (κ1) is 11.7. The molecule has 0 unspecified atom stereocenters. The molecule has 0 amide bonds. The molecule has 1 aliphatic heterocycles. The summed E-state index contributed by atoms with van der Waals surface area (Å²) in [6.07, 6.45) is 4.43. The van der Waals surface area contributed by atoms with Crippen LogP contribution in [0.5, 0.6) is 0 Å². The van der Waals surface area contributed by atoms with Crippen molar-refractivity contribution >= 4 is 5.78 Å². The highest BCUT2D eigenvalue weighted by Crippen LogP contribution is 2.28. The normalized spacial score (nSPS) is 13.8. The molecule has 3 heterocycles. The number of ketones is 1. The average molecular weight is 255 g/mol. The number of aromatic nitrogens is 2. The predicted molar refractivity (Wildman–Crippen MR) is 67.4 cm³/mol. The number of carbonyl (C=O) groups is 1. The van der Waals surface area contributed by atoms with Crippen LogP contribution in [0, 0.1) is 11.3 Å². The van der Waals surface area contributed by atoms with Gasteiger partial charge in [-0.15, -0.1) is 0 Å². The summed E-state index contributed by atoms with van der Waals surface area (Å²) in [4.78, 5) is 16.4. The van der Waals surface area contributed by atoms with Gasteiger partial charge in [-0.05, 0) is 31.4 Å². The van der Waals surface area contributed by atoms with Crippen LogP contribution >= 0.6 is 0 Å². The third-order valence-corrected chi connectivity index (χ3v) is 3.36. The highest BCUT2D eigenvalue weighted by Gasteiger charge is 2.25. The van der Waals surface area contributed by atoms with Crippen LogP contribution in [-0.2, 0) is 13.0 Å². The lowest BCUT2D eigenvalue weighted by Gasteiger charge is -2.16. The van der Waals surface area contributed by atoms with E-state index in [4.69, 9.17) is 9.68 Å². The SMILES string of the molecule is N#CCC(=O)c1nc(-c2ccco2)n2c1CCCC2. The molecule has 0 fully saturated rings. The maximum atomic E-state index is 12.0. The van der Waals surface area contributed by atoms with Gasteiger partial charge in [-0.25, -0.2) is 4.98 Å². The molecule has 96 valence electrons. The number of rotatable bonds is 3. The van der Waals surface area contributed by atoms with Crippen LogP contribution < -0.4 is 0 Å². The maximum Gasteiger partial charge on any atom is 0.197 e. The Hall–Kier alpha value is -2.35. The molecular formula is C14H13N3O2. The van der Waals surface area contributed by atoms with Gasteiger partial charge in [0.05, 0.1) is 12.3 Å². The number of fused-ring (bicyclic) bond motifs is 1. The first-order chi connectivity index (χ1) is 9.31. The molecule has 5 nitrogen and oxygen atoms in total. The number of Topliss-reactive ketones (excluding diaryl/α,β-unsaturated/α-hetero) is 1. The molecule has 0 aliphatic carbocycles. The van der Waals surface area contributed by atoms with Crippen molar-refractivity contribution in [2.45, 2.75) is 32.2 Å². The summed E-state index contributed by atoms with van der Waals surface area (Å²) in [6, 6.07) is 5.53. The molecule has 0 radical (unpaired) electrons. The molecule has 0 N–H and O–H groups in total. The van der Waals surface area contributed by atoms with E-state index in [2.05, 4.69) is 4.98 Å². The fraction of sp³-hybridized carbons (Fsp3) is 0.357. The van der Waals surface area contributed by atoms with E-state index in [1.807, 2.05) is 16.7 Å². The van der Waals surface area contributed by atoms with Gasteiger partial charge in [-0.2, -0.15) is 5.26 Å². The highest BCUT2D eigenvalue weighted by molar-refractivity contribution is 5.97. The van der Waals surface area contributed by atoms with Gasteiger partial charge in [0.15, 0.2) is 17.4 Å². The smallest absolute Gasteiger partial charge is 0.197 e. The quantitative estimate of drug-likeness (QED) is 0.790. The maximum absolute atomic E-state index is 12.0. The summed E-state index contributed by atoms with van der Waals surface area (Å²) in [7, 11) is 0. The van der Waals surface area contributed by atoms with Crippen molar-refractivity contribution in [3.05, 3.63) is 29.8 Å². The molecule has 0 saturated carbocycles. The molecular weight excluding hydrogens is 242 g/mol. The van der Waals surface area contributed by atoms with Crippen LogP contribution in [0.2, 0.25) is 0 Å². The number of nitrogens with zero attached hydrogens (tertiary/aromatic N) is 3. The highest BCUT2D eigenvalue weighted by atomic mass is 16.3. The van der Waals surface area contributed by atoms with Crippen LogP contribution in [-0.4, -0.2) is 15.3 Å². The lowest BCUT2D eigenvalue weighted by Crippen LogP contribution is -2.13. The number of hydrogen-bond acceptors (Lipinski definition) is 4. The number of nitriles is 1. The molecule has 1 aliphatic rings. The van der Waals surface area contributed by atoms with E-state index in [0.29, 0.717) is 17.3 Å². The van der Waals surface area contributed by atoms with Gasteiger partial charge in [0, 0.05) is 12.2 Å². The van der Waals surface area contributed by atoms with Gasteiger partial charge < -0.3 is 8.98 Å². The first-order valence-corrected chi connectivity index (χ1v) is 6.34. The van der Waals surface area contributed by atoms with E-state index < -0.39 is 0 Å². The van der Waals surface area contributed by atoms with Crippen LogP contribution in [0.25, 0.3) is 11.6 Å². The van der Waals surface area contributed by atoms with Crippen LogP contribution in [0.1, 0.15) is 35.4 Å². The van der Waals surface area contributed by atoms with Crippen molar-refractivity contribution in [2.24, 2.45) is 0 Å². The Balaban J connectivity index is 2.12. The zero-order valence-corrected chi connectivity index (χ0v) is 10.4. The van der Waals surface area contributed by atoms with E-state index in [1.54, 1.807) is 12.3 Å². The Morgan fingerprint density at radius 2 is 2.42 bits per heavy atom. The van der Waals surface area contributed by atoms with Gasteiger partial charge in [0.2, 0.25) is 0 Å². The molecule has 2 aromatic rings. The predicted octanol–water partition coefficient (Wildman–Crippen LogP) is 2.58. The second kappa shape index (κ2) is 4.73. The Morgan fingerprint density at radius 3 is 3.16 bits per heavy atom. The van der Waals surface area contributed by atoms with Crippen molar-refractivity contribution in [3.63, 3.8) is 0 Å². The van der Waals surface area contributed by atoms with E-state index in [-0.39, 0.29) is 12.2 Å². The summed E-state index contributed by atoms with van der Waals surface area (Å²) >= 11 is 0. The third kappa shape index (κ3) is 1.95. The fourth-order valence-corrected chi connectivity index (χ4v) is 2.52. The van der Waals surface area contributed by atoms with E-state index in [0.717, 1.165) is 31.5 Å². The molecule has 3 rings (SSSR count). The van der Waals surface area contributed by atoms with E-state index >= 15 is 0 Å². The molecule has 2 aromatic heterocycles. The zero-order chi connectivity index (χ0) is 13.2. The zero-order valence-electron chi connectivity index (χ0n) is 10.4. The summed E-state index contributed by atoms with van der Waals surface area (Å²) in [5, 5.41) is 8.67. The lowest BCUT2D eigenvalue weighted by molar-refractivity contribution is 0.0992. The minimum absolute atomic E-state index is 0.123. The number of carbonyl (C=O) groups excluding carboxylic acids is 1. The van der Waals surface area contributed by atoms with Crippen molar-refractivity contribution in [2.75, 3.05) is 0 Å². The summed E-state index contributed by atoms with van der Waals surface area (Å²) < 4.78 is 7.43. The minimum Gasteiger partial charge on any atom is -0.461 e. The van der Waals surface area contributed by atoms with Crippen LogP contribution in [0.3, 0.4) is 0 Å². The molecule has 0 saturated heterocycles. The van der Waals surface area contributed by atoms with Gasteiger partial charge >= 0.3 is 0 Å². The second-order valence-corrected chi connectivity index (χ2v) is 4.57. The minimum atomic E-state index is -0.203. The Kier molecular flexibility index (Phi) is 2.92. The van der Waals surface area contributed by atoms with E-state index in [9.17, 15) is 4.79 Å². The topological polar surface area (TPSA) is 71.8 Å². The van der Waals surface area contributed by atoms with Crippen molar-refractivity contribution in [3.8, 4) is 17.7 Å². The molecule has 5 heteroatoms. The number of imidazole rings is 1. The molecule has 19 heavy (non-hydrogen) atoms. The van der Waals surface area contributed by atoms with E-state index in [1.165, 1.54) is 0 Å². The van der Waals surface area contributed by atoms with Crippen molar-refractivity contribution in [1.82, 2.24) is 9.55 Å². The summed E-state index contributed by atoms with van der Waals surface area (Å²) in [5.41, 5.74) is 1.38. The molecule has 0 aromatic carbocycles. The van der Waals surface area contributed by atoms with Gasteiger partial charge in [0.1, 0.15) is 12.1 Å². The molecule has 0 bridgehead atoms. The summed E-state index contributed by atoms with van der Waals surface area (Å²) in [5.74, 6) is 1.16. The third-order valence-electron chi connectivity index (χ3n) is 3.36. The largest absolute Gasteiger partial charge is 0.461 e.